The molecule has 12 heteroatoms. The summed E-state index contributed by atoms with van der Waals surface area (Å²) in [6.45, 7) is 11.4. The Kier molecular flexibility index (Phi) is 8.35. The predicted octanol–water partition coefficient (Wildman–Crippen LogP) is 5.06. The third-order valence-corrected chi connectivity index (χ3v) is 9.24. The largest absolute Gasteiger partial charge is 0.444 e. The Hall–Kier alpha value is -3.67. The van der Waals surface area contributed by atoms with Crippen LogP contribution < -0.4 is 16.2 Å². The number of nitrogens with one attached hydrogen (secondary N) is 3. The van der Waals surface area contributed by atoms with Crippen molar-refractivity contribution in [3.63, 3.8) is 0 Å². The molecule has 2 aromatic heterocycles. The van der Waals surface area contributed by atoms with Gasteiger partial charge >= 0.3 is 6.09 Å². The Morgan fingerprint density at radius 1 is 1.07 bits per heavy atom. The van der Waals surface area contributed by atoms with E-state index in [1.165, 1.54) is 12.4 Å². The number of fused-ring (bicyclic) bond motifs is 1. The molecule has 1 fully saturated rings. The molecule has 1 aliphatic rings. The fraction of sp³-hybridized carbons (Fsp3) is 0.517. The van der Waals surface area contributed by atoms with Gasteiger partial charge in [-0.2, -0.15) is 0 Å². The summed E-state index contributed by atoms with van der Waals surface area (Å²) in [6, 6.07) is 8.17. The SMILES string of the molecule is CCCC1(C(=O)NNc2cnc3c(ccn3S(=O)(=O)c3ccc(C)cc3)n2)CCC(C)(NC(=O)OC(C)(C)C)CC1. The standard InChI is InChI=1S/C29H40N6O5S/c1-7-13-29(16-14-28(6,15-17-29)32-26(37)40-27(3,4)5)25(36)34-33-23-19-30-24-22(31-23)12-18-35(24)41(38,39)21-10-8-20(2)9-11-21/h8-12,18-19H,7,13-17H2,1-6H3,(H,31,33)(H,32,37)(H,34,36). The number of carbonyl (C=O) groups is 2. The maximum atomic E-state index is 13.5. The van der Waals surface area contributed by atoms with Gasteiger partial charge in [0.2, 0.25) is 5.91 Å². The van der Waals surface area contributed by atoms with Crippen molar-refractivity contribution in [1.82, 2.24) is 24.7 Å². The van der Waals surface area contributed by atoms with Gasteiger partial charge in [0.1, 0.15) is 11.1 Å². The maximum absolute atomic E-state index is 13.5. The minimum Gasteiger partial charge on any atom is -0.444 e. The summed E-state index contributed by atoms with van der Waals surface area (Å²) in [4.78, 5) is 34.8. The molecule has 0 aliphatic heterocycles. The second-order valence-corrected chi connectivity index (χ2v) is 14.0. The highest BCUT2D eigenvalue weighted by atomic mass is 32.2. The van der Waals surface area contributed by atoms with Crippen LogP contribution in [0.4, 0.5) is 10.6 Å². The molecule has 0 spiro atoms. The molecule has 1 saturated carbocycles. The van der Waals surface area contributed by atoms with E-state index < -0.39 is 32.7 Å². The first-order valence-electron chi connectivity index (χ1n) is 13.9. The number of benzene rings is 1. The van der Waals surface area contributed by atoms with E-state index in [2.05, 4.69) is 26.1 Å². The monoisotopic (exact) mass is 584 g/mol. The molecular formula is C29H40N6O5S. The lowest BCUT2D eigenvalue weighted by Crippen LogP contribution is -2.54. The number of rotatable bonds is 8. The van der Waals surface area contributed by atoms with Gasteiger partial charge in [0.25, 0.3) is 10.0 Å². The van der Waals surface area contributed by atoms with Gasteiger partial charge in [0, 0.05) is 11.7 Å². The van der Waals surface area contributed by atoms with Crippen molar-refractivity contribution in [3.8, 4) is 0 Å². The summed E-state index contributed by atoms with van der Waals surface area (Å²) in [6.07, 6.45) is 6.36. The number of carbonyl (C=O) groups excluding carboxylic acids is 2. The lowest BCUT2D eigenvalue weighted by molar-refractivity contribution is -0.133. The first kappa shape index (κ1) is 30.3. The molecule has 2 heterocycles. The average molecular weight is 585 g/mol. The van der Waals surface area contributed by atoms with Gasteiger partial charge < -0.3 is 10.1 Å². The molecule has 0 unspecified atom stereocenters. The Morgan fingerprint density at radius 3 is 2.34 bits per heavy atom. The highest BCUT2D eigenvalue weighted by molar-refractivity contribution is 7.90. The van der Waals surface area contributed by atoms with Gasteiger partial charge in [-0.3, -0.25) is 15.6 Å². The van der Waals surface area contributed by atoms with Crippen LogP contribution in [0.15, 0.2) is 47.6 Å². The van der Waals surface area contributed by atoms with Crippen LogP contribution in [0.25, 0.3) is 11.2 Å². The van der Waals surface area contributed by atoms with Crippen LogP contribution in [-0.2, 0) is 19.6 Å². The molecule has 0 radical (unpaired) electrons. The number of aromatic nitrogens is 3. The smallest absolute Gasteiger partial charge is 0.408 e. The van der Waals surface area contributed by atoms with Crippen molar-refractivity contribution >= 4 is 39.0 Å². The fourth-order valence-electron chi connectivity index (χ4n) is 5.24. The van der Waals surface area contributed by atoms with Crippen LogP contribution in [-0.4, -0.2) is 45.5 Å². The summed E-state index contributed by atoms with van der Waals surface area (Å²) in [5.41, 5.74) is 5.52. The number of hydrogen-bond acceptors (Lipinski definition) is 8. The summed E-state index contributed by atoms with van der Waals surface area (Å²) < 4.78 is 32.8. The van der Waals surface area contributed by atoms with Crippen molar-refractivity contribution in [2.24, 2.45) is 5.41 Å². The van der Waals surface area contributed by atoms with E-state index in [9.17, 15) is 18.0 Å². The van der Waals surface area contributed by atoms with Crippen LogP contribution in [0.3, 0.4) is 0 Å². The molecule has 41 heavy (non-hydrogen) atoms. The van der Waals surface area contributed by atoms with Crippen molar-refractivity contribution < 1.29 is 22.7 Å². The van der Waals surface area contributed by atoms with E-state index in [4.69, 9.17) is 4.74 Å². The van der Waals surface area contributed by atoms with Gasteiger partial charge in [-0.05, 0) is 84.9 Å². The second kappa shape index (κ2) is 11.3. The second-order valence-electron chi connectivity index (χ2n) is 12.2. The first-order chi connectivity index (χ1) is 19.2. The molecule has 2 amide bonds. The normalized spacial score (nSPS) is 21.3. The number of nitrogens with zero attached hydrogens (tertiary/aromatic N) is 3. The lowest BCUT2D eigenvalue weighted by atomic mass is 9.65. The summed E-state index contributed by atoms with van der Waals surface area (Å²) >= 11 is 0. The third kappa shape index (κ3) is 6.80. The van der Waals surface area contributed by atoms with E-state index in [0.29, 0.717) is 37.6 Å². The molecule has 0 bridgehead atoms. The fourth-order valence-corrected chi connectivity index (χ4v) is 6.54. The molecule has 11 nitrogen and oxygen atoms in total. The summed E-state index contributed by atoms with van der Waals surface area (Å²) in [7, 11) is -3.84. The van der Waals surface area contributed by atoms with Crippen LogP contribution >= 0.6 is 0 Å². The van der Waals surface area contributed by atoms with Gasteiger partial charge in [-0.25, -0.2) is 27.2 Å². The maximum Gasteiger partial charge on any atom is 0.408 e. The van der Waals surface area contributed by atoms with Crippen LogP contribution in [0, 0.1) is 12.3 Å². The van der Waals surface area contributed by atoms with Crippen molar-refractivity contribution in [1.29, 1.82) is 0 Å². The molecule has 4 rings (SSSR count). The van der Waals surface area contributed by atoms with Crippen molar-refractivity contribution in [2.45, 2.75) is 96.1 Å². The Balaban J connectivity index is 1.43. The number of hydrazine groups is 1. The van der Waals surface area contributed by atoms with Gasteiger partial charge in [-0.15, -0.1) is 0 Å². The first-order valence-corrected chi connectivity index (χ1v) is 15.3. The molecule has 222 valence electrons. The number of hydrogen-bond donors (Lipinski definition) is 3. The summed E-state index contributed by atoms with van der Waals surface area (Å²) in [5, 5.41) is 3.00. The van der Waals surface area contributed by atoms with E-state index in [0.717, 1.165) is 16.0 Å². The molecular weight excluding hydrogens is 544 g/mol. The average Bonchev–Trinajstić information content (AvgIpc) is 3.32. The Labute approximate surface area is 241 Å². The number of anilines is 1. The zero-order valence-corrected chi connectivity index (χ0v) is 25.4. The molecule has 0 atom stereocenters. The topological polar surface area (TPSA) is 144 Å². The van der Waals surface area contributed by atoms with Crippen LogP contribution in [0.5, 0.6) is 0 Å². The zero-order valence-electron chi connectivity index (χ0n) is 24.6. The highest BCUT2D eigenvalue weighted by Crippen LogP contribution is 2.44. The minimum absolute atomic E-state index is 0.153. The molecule has 3 aromatic rings. The molecule has 0 saturated heterocycles. The van der Waals surface area contributed by atoms with E-state index in [-0.39, 0.29) is 22.3 Å². The number of ether oxygens (including phenoxy) is 1. The minimum atomic E-state index is -3.84. The quantitative estimate of drug-likeness (QED) is 0.312. The third-order valence-electron chi connectivity index (χ3n) is 7.56. The number of amides is 2. The number of alkyl carbamates (subject to hydrolysis) is 1. The van der Waals surface area contributed by atoms with Gasteiger partial charge in [0.15, 0.2) is 11.5 Å². The molecule has 1 aliphatic carbocycles. The van der Waals surface area contributed by atoms with E-state index in [1.807, 2.05) is 41.5 Å². The number of aryl methyl sites for hydroxylation is 1. The van der Waals surface area contributed by atoms with E-state index >= 15 is 0 Å². The molecule has 3 N–H and O–H groups in total. The highest BCUT2D eigenvalue weighted by Gasteiger charge is 2.45. The molecule has 1 aromatic carbocycles. The predicted molar refractivity (Wildman–Crippen MR) is 157 cm³/mol. The van der Waals surface area contributed by atoms with Gasteiger partial charge in [-0.1, -0.05) is 31.0 Å². The van der Waals surface area contributed by atoms with Crippen LogP contribution in [0.2, 0.25) is 0 Å². The van der Waals surface area contributed by atoms with E-state index in [1.54, 1.807) is 30.3 Å². The van der Waals surface area contributed by atoms with Crippen molar-refractivity contribution in [2.75, 3.05) is 5.43 Å². The lowest BCUT2D eigenvalue weighted by Gasteiger charge is -2.44. The van der Waals surface area contributed by atoms with Gasteiger partial charge in [0.05, 0.1) is 16.5 Å². The summed E-state index contributed by atoms with van der Waals surface area (Å²) in [5.74, 6) is 0.135. The zero-order chi connectivity index (χ0) is 30.1. The van der Waals surface area contributed by atoms with Crippen LogP contribution in [0.1, 0.15) is 78.7 Å². The van der Waals surface area contributed by atoms with Crippen molar-refractivity contribution in [3.05, 3.63) is 48.3 Å². The Morgan fingerprint density at radius 2 is 1.73 bits per heavy atom. The Bertz CT molecular complexity index is 1520.